The fourth-order valence-electron chi connectivity index (χ4n) is 3.49. The van der Waals surface area contributed by atoms with Crippen molar-refractivity contribution in [1.82, 2.24) is 14.9 Å². The molecule has 3 aromatic rings. The second kappa shape index (κ2) is 7.96. The Hall–Kier alpha value is -2.71. The van der Waals surface area contributed by atoms with E-state index in [0.29, 0.717) is 12.4 Å². The SMILES string of the molecule is Cc1onc(-c2c(F)cccc2Cl)c1C(=O)Nc1cc([C@H]2CCCOC2)nn1C. The zero-order valence-electron chi connectivity index (χ0n) is 16.0. The number of hydrogen-bond acceptors (Lipinski definition) is 5. The number of carbonyl (C=O) groups is 1. The van der Waals surface area contributed by atoms with Gasteiger partial charge in [-0.1, -0.05) is 22.8 Å². The van der Waals surface area contributed by atoms with Gasteiger partial charge in [-0.2, -0.15) is 5.10 Å². The molecule has 9 heteroatoms. The van der Waals surface area contributed by atoms with Gasteiger partial charge in [-0.15, -0.1) is 0 Å². The fraction of sp³-hybridized carbons (Fsp3) is 0.350. The van der Waals surface area contributed by atoms with Crippen LogP contribution < -0.4 is 5.32 Å². The molecule has 1 fully saturated rings. The highest BCUT2D eigenvalue weighted by Crippen LogP contribution is 2.34. The molecule has 3 heterocycles. The van der Waals surface area contributed by atoms with Crippen molar-refractivity contribution in [3.8, 4) is 11.3 Å². The third-order valence-electron chi connectivity index (χ3n) is 5.01. The Morgan fingerprint density at radius 2 is 2.24 bits per heavy atom. The van der Waals surface area contributed by atoms with Gasteiger partial charge in [0.15, 0.2) is 0 Å². The van der Waals surface area contributed by atoms with Gasteiger partial charge in [-0.25, -0.2) is 4.39 Å². The second-order valence-electron chi connectivity index (χ2n) is 7.01. The topological polar surface area (TPSA) is 82.2 Å². The van der Waals surface area contributed by atoms with Crippen LogP contribution in [0.3, 0.4) is 0 Å². The molecule has 1 atom stereocenters. The monoisotopic (exact) mass is 418 g/mol. The summed E-state index contributed by atoms with van der Waals surface area (Å²) in [5, 5.41) is 11.3. The van der Waals surface area contributed by atoms with E-state index in [1.165, 1.54) is 18.2 Å². The molecule has 0 spiro atoms. The van der Waals surface area contributed by atoms with Gasteiger partial charge in [-0.05, 0) is 31.9 Å². The number of aromatic nitrogens is 3. The van der Waals surface area contributed by atoms with Crippen LogP contribution in [-0.2, 0) is 11.8 Å². The average Bonchev–Trinajstić information content (AvgIpc) is 3.25. The van der Waals surface area contributed by atoms with E-state index < -0.39 is 11.7 Å². The molecule has 1 aliphatic rings. The summed E-state index contributed by atoms with van der Waals surface area (Å²) >= 11 is 6.15. The molecular formula is C20H20ClFN4O3. The van der Waals surface area contributed by atoms with Gasteiger partial charge in [0, 0.05) is 25.6 Å². The standard InChI is InChI=1S/C20H20ClFN4O3/c1-11-17(19(25-29-11)18-13(21)6-3-7-14(18)22)20(27)23-16-9-15(24-26(16)2)12-5-4-8-28-10-12/h3,6-7,9,12H,4-5,8,10H2,1-2H3,(H,23,27)/t12-/m0/s1. The first kappa shape index (κ1) is 19.6. The van der Waals surface area contributed by atoms with Crippen molar-refractivity contribution in [1.29, 1.82) is 0 Å². The summed E-state index contributed by atoms with van der Waals surface area (Å²) in [6.07, 6.45) is 1.97. The molecule has 4 rings (SSSR count). The van der Waals surface area contributed by atoms with Crippen molar-refractivity contribution in [2.75, 3.05) is 18.5 Å². The van der Waals surface area contributed by atoms with Gasteiger partial charge in [0.1, 0.15) is 28.7 Å². The number of benzene rings is 1. The Balaban J connectivity index is 1.63. The molecule has 1 aromatic carbocycles. The Morgan fingerprint density at radius 1 is 1.41 bits per heavy atom. The number of anilines is 1. The molecule has 152 valence electrons. The average molecular weight is 419 g/mol. The van der Waals surface area contributed by atoms with E-state index in [9.17, 15) is 9.18 Å². The summed E-state index contributed by atoms with van der Waals surface area (Å²) in [6.45, 7) is 2.97. The molecule has 2 aromatic heterocycles. The largest absolute Gasteiger partial charge is 0.381 e. The molecule has 0 radical (unpaired) electrons. The van der Waals surface area contributed by atoms with Crippen LogP contribution in [0.15, 0.2) is 28.8 Å². The van der Waals surface area contributed by atoms with Crippen LogP contribution in [0.5, 0.6) is 0 Å². The zero-order valence-corrected chi connectivity index (χ0v) is 16.8. The number of amides is 1. The van der Waals surface area contributed by atoms with Gasteiger partial charge in [0.2, 0.25) is 0 Å². The molecule has 1 amide bonds. The smallest absolute Gasteiger partial charge is 0.262 e. The quantitative estimate of drug-likeness (QED) is 0.682. The van der Waals surface area contributed by atoms with Crippen LogP contribution in [0.2, 0.25) is 5.02 Å². The first-order valence-electron chi connectivity index (χ1n) is 9.29. The summed E-state index contributed by atoms with van der Waals surface area (Å²) in [6, 6.07) is 6.10. The number of hydrogen-bond donors (Lipinski definition) is 1. The van der Waals surface area contributed by atoms with Crippen molar-refractivity contribution in [2.24, 2.45) is 7.05 Å². The third kappa shape index (κ3) is 3.77. The lowest BCUT2D eigenvalue weighted by Crippen LogP contribution is -2.16. The highest BCUT2D eigenvalue weighted by molar-refractivity contribution is 6.33. The number of nitrogens with zero attached hydrogens (tertiary/aromatic N) is 3. The predicted molar refractivity (Wildman–Crippen MR) is 106 cm³/mol. The van der Waals surface area contributed by atoms with Gasteiger partial charge in [0.25, 0.3) is 5.91 Å². The van der Waals surface area contributed by atoms with Crippen LogP contribution in [0, 0.1) is 12.7 Å². The molecule has 0 aliphatic carbocycles. The first-order valence-corrected chi connectivity index (χ1v) is 9.67. The lowest BCUT2D eigenvalue weighted by Gasteiger charge is -2.19. The number of carbonyl (C=O) groups excluding carboxylic acids is 1. The Kier molecular flexibility index (Phi) is 5.38. The van der Waals surface area contributed by atoms with Crippen LogP contribution >= 0.6 is 11.6 Å². The van der Waals surface area contributed by atoms with E-state index in [-0.39, 0.29) is 33.5 Å². The minimum Gasteiger partial charge on any atom is -0.381 e. The van der Waals surface area contributed by atoms with Crippen molar-refractivity contribution in [2.45, 2.75) is 25.7 Å². The molecule has 1 saturated heterocycles. The van der Waals surface area contributed by atoms with Gasteiger partial charge in [0.05, 0.1) is 22.9 Å². The lowest BCUT2D eigenvalue weighted by molar-refractivity contribution is 0.0791. The Bertz CT molecular complexity index is 1040. The highest BCUT2D eigenvalue weighted by atomic mass is 35.5. The van der Waals surface area contributed by atoms with E-state index >= 15 is 0 Å². The van der Waals surface area contributed by atoms with Crippen molar-refractivity contribution >= 4 is 23.3 Å². The minimum absolute atomic E-state index is 0.0289. The predicted octanol–water partition coefficient (Wildman–Crippen LogP) is 4.32. The summed E-state index contributed by atoms with van der Waals surface area (Å²) in [4.78, 5) is 13.0. The van der Waals surface area contributed by atoms with E-state index in [4.69, 9.17) is 20.9 Å². The molecule has 1 aliphatic heterocycles. The van der Waals surface area contributed by atoms with Gasteiger partial charge in [-0.3, -0.25) is 9.48 Å². The molecule has 29 heavy (non-hydrogen) atoms. The number of aryl methyl sites for hydroxylation is 2. The number of halogens is 2. The van der Waals surface area contributed by atoms with Crippen LogP contribution in [0.1, 0.15) is 40.6 Å². The second-order valence-corrected chi connectivity index (χ2v) is 7.41. The van der Waals surface area contributed by atoms with Crippen molar-refractivity contribution in [3.63, 3.8) is 0 Å². The van der Waals surface area contributed by atoms with Crippen LogP contribution in [-0.4, -0.2) is 34.1 Å². The highest BCUT2D eigenvalue weighted by Gasteiger charge is 2.27. The first-order chi connectivity index (χ1) is 14.0. The maximum absolute atomic E-state index is 14.4. The molecule has 7 nitrogen and oxygen atoms in total. The third-order valence-corrected chi connectivity index (χ3v) is 5.32. The van der Waals surface area contributed by atoms with Crippen LogP contribution in [0.25, 0.3) is 11.3 Å². The van der Waals surface area contributed by atoms with Crippen LogP contribution in [0.4, 0.5) is 10.2 Å². The van der Waals surface area contributed by atoms with Gasteiger partial charge < -0.3 is 14.6 Å². The fourth-order valence-corrected chi connectivity index (χ4v) is 3.75. The van der Waals surface area contributed by atoms with Gasteiger partial charge >= 0.3 is 0 Å². The maximum atomic E-state index is 14.4. The molecule has 1 N–H and O–H groups in total. The summed E-state index contributed by atoms with van der Waals surface area (Å²) in [5.74, 6) is -0.0835. The van der Waals surface area contributed by atoms with Crippen molar-refractivity contribution in [3.05, 3.63) is 52.1 Å². The lowest BCUT2D eigenvalue weighted by atomic mass is 9.99. The molecule has 0 bridgehead atoms. The Labute approximate surface area is 171 Å². The number of nitrogens with one attached hydrogen (secondary N) is 1. The van der Waals surface area contributed by atoms with E-state index in [0.717, 1.165) is 25.1 Å². The minimum atomic E-state index is -0.583. The number of rotatable bonds is 4. The normalized spacial score (nSPS) is 16.8. The maximum Gasteiger partial charge on any atom is 0.262 e. The Morgan fingerprint density at radius 3 is 2.97 bits per heavy atom. The summed E-state index contributed by atoms with van der Waals surface area (Å²) < 4.78 is 26.7. The zero-order chi connectivity index (χ0) is 20.5. The molecular weight excluding hydrogens is 399 g/mol. The molecule has 0 saturated carbocycles. The number of ether oxygens (including phenoxy) is 1. The summed E-state index contributed by atoms with van der Waals surface area (Å²) in [7, 11) is 1.75. The van der Waals surface area contributed by atoms with E-state index in [1.54, 1.807) is 18.7 Å². The van der Waals surface area contributed by atoms with E-state index in [1.807, 2.05) is 6.07 Å². The van der Waals surface area contributed by atoms with Crippen molar-refractivity contribution < 1.29 is 18.4 Å². The van der Waals surface area contributed by atoms with E-state index in [2.05, 4.69) is 15.6 Å². The molecule has 0 unspecified atom stereocenters. The summed E-state index contributed by atoms with van der Waals surface area (Å²) in [5.41, 5.74) is 1.08.